The molecule has 3 rings (SSSR count). The number of hydrogen-bond donors (Lipinski definition) is 1. The first kappa shape index (κ1) is 10.1. The highest BCUT2D eigenvalue weighted by Gasteiger charge is 2.14. The van der Waals surface area contributed by atoms with E-state index in [2.05, 4.69) is 21.8 Å². The number of hydrogen-bond acceptors (Lipinski definition) is 4. The van der Waals surface area contributed by atoms with Crippen LogP contribution in [0.1, 0.15) is 12.8 Å². The zero-order valence-corrected chi connectivity index (χ0v) is 9.80. The fourth-order valence-electron chi connectivity index (χ4n) is 2.04. The van der Waals surface area contributed by atoms with Gasteiger partial charge in [-0.2, -0.15) is 4.37 Å². The summed E-state index contributed by atoms with van der Waals surface area (Å²) in [7, 11) is 0. The highest BCUT2D eigenvalue weighted by Crippen LogP contribution is 2.24. The van der Waals surface area contributed by atoms with Gasteiger partial charge in [-0.1, -0.05) is 0 Å². The van der Waals surface area contributed by atoms with E-state index in [1.165, 1.54) is 28.0 Å². The molecule has 1 N–H and O–H groups in total. The Hall–Kier alpha value is -1.13. The maximum absolute atomic E-state index is 5.95. The molecule has 16 heavy (non-hydrogen) atoms. The third-order valence-corrected chi connectivity index (χ3v) is 3.66. The molecule has 1 saturated heterocycles. The summed E-state index contributed by atoms with van der Waals surface area (Å²) in [4.78, 5) is 0. The van der Waals surface area contributed by atoms with Crippen molar-refractivity contribution in [3.63, 3.8) is 0 Å². The second kappa shape index (κ2) is 4.39. The topological polar surface area (TPSA) is 34.1 Å². The van der Waals surface area contributed by atoms with Gasteiger partial charge in [0.05, 0.1) is 4.70 Å². The molecule has 1 aliphatic heterocycles. The summed E-state index contributed by atoms with van der Waals surface area (Å²) in [6, 6.07) is 6.20. The molecule has 1 atom stereocenters. The van der Waals surface area contributed by atoms with Gasteiger partial charge in [-0.25, -0.2) is 0 Å². The van der Waals surface area contributed by atoms with Crippen molar-refractivity contribution >= 4 is 21.6 Å². The van der Waals surface area contributed by atoms with E-state index >= 15 is 0 Å². The average molecular weight is 234 g/mol. The first-order chi connectivity index (χ1) is 7.92. The molecule has 0 radical (unpaired) electrons. The second-order valence-corrected chi connectivity index (χ2v) is 4.94. The Kier molecular flexibility index (Phi) is 2.76. The van der Waals surface area contributed by atoms with Crippen LogP contribution in [0.4, 0.5) is 0 Å². The summed E-state index contributed by atoms with van der Waals surface area (Å²) in [5, 5.41) is 4.52. The van der Waals surface area contributed by atoms with Crippen LogP contribution in [0, 0.1) is 0 Å². The molecule has 2 aromatic rings. The molecule has 1 aromatic heterocycles. The van der Waals surface area contributed by atoms with Crippen LogP contribution in [0.3, 0.4) is 0 Å². The highest BCUT2D eigenvalue weighted by atomic mass is 32.1. The van der Waals surface area contributed by atoms with Crippen LogP contribution in [-0.2, 0) is 0 Å². The first-order valence-electron chi connectivity index (χ1n) is 5.64. The lowest BCUT2D eigenvalue weighted by Crippen LogP contribution is -2.37. The number of aromatic nitrogens is 1. The minimum absolute atomic E-state index is 0.317. The third-order valence-electron chi connectivity index (χ3n) is 2.88. The van der Waals surface area contributed by atoms with E-state index in [0.29, 0.717) is 6.10 Å². The van der Waals surface area contributed by atoms with Crippen molar-refractivity contribution < 1.29 is 4.74 Å². The summed E-state index contributed by atoms with van der Waals surface area (Å²) < 4.78 is 11.3. The zero-order valence-electron chi connectivity index (χ0n) is 8.98. The van der Waals surface area contributed by atoms with Gasteiger partial charge in [-0.15, -0.1) is 0 Å². The smallest absolute Gasteiger partial charge is 0.120 e. The highest BCUT2D eigenvalue weighted by molar-refractivity contribution is 7.13. The summed E-state index contributed by atoms with van der Waals surface area (Å²) in [5.74, 6) is 0.960. The molecule has 2 heterocycles. The van der Waals surface area contributed by atoms with E-state index in [4.69, 9.17) is 4.74 Å². The van der Waals surface area contributed by atoms with Gasteiger partial charge in [-0.3, -0.25) is 0 Å². The monoisotopic (exact) mass is 234 g/mol. The number of nitrogens with one attached hydrogen (secondary N) is 1. The minimum Gasteiger partial charge on any atom is -0.489 e. The maximum atomic E-state index is 5.95. The van der Waals surface area contributed by atoms with Crippen molar-refractivity contribution in [2.24, 2.45) is 0 Å². The molecule has 1 aliphatic rings. The third kappa shape index (κ3) is 2.03. The second-order valence-electron chi connectivity index (χ2n) is 4.11. The predicted molar refractivity (Wildman–Crippen MR) is 66.1 cm³/mol. The number of ether oxygens (including phenoxy) is 1. The summed E-state index contributed by atoms with van der Waals surface area (Å²) in [6.45, 7) is 2.08. The summed E-state index contributed by atoms with van der Waals surface area (Å²) >= 11 is 1.52. The van der Waals surface area contributed by atoms with E-state index < -0.39 is 0 Å². The largest absolute Gasteiger partial charge is 0.489 e. The number of fused-ring (bicyclic) bond motifs is 1. The molecule has 4 heteroatoms. The Labute approximate surface area is 98.6 Å². The molecule has 0 amide bonds. The Balaban J connectivity index is 1.77. The summed E-state index contributed by atoms with van der Waals surface area (Å²) in [5.41, 5.74) is 0. The Bertz CT molecular complexity index is 477. The maximum Gasteiger partial charge on any atom is 0.120 e. The van der Waals surface area contributed by atoms with Crippen LogP contribution in [-0.4, -0.2) is 23.6 Å². The first-order valence-corrected chi connectivity index (χ1v) is 6.41. The van der Waals surface area contributed by atoms with Crippen LogP contribution in [0.5, 0.6) is 5.75 Å². The molecule has 0 spiro atoms. The molecule has 1 aromatic carbocycles. The van der Waals surface area contributed by atoms with Gasteiger partial charge in [0.1, 0.15) is 11.9 Å². The number of benzene rings is 1. The van der Waals surface area contributed by atoms with Gasteiger partial charge in [0, 0.05) is 18.1 Å². The van der Waals surface area contributed by atoms with Crippen molar-refractivity contribution in [3.05, 3.63) is 24.4 Å². The Morgan fingerprint density at radius 3 is 3.31 bits per heavy atom. The number of nitrogens with zero attached hydrogens (tertiary/aromatic N) is 1. The van der Waals surface area contributed by atoms with Crippen LogP contribution in [0.2, 0.25) is 0 Å². The van der Waals surface area contributed by atoms with Gasteiger partial charge in [0.25, 0.3) is 0 Å². The van der Waals surface area contributed by atoms with Crippen molar-refractivity contribution in [3.8, 4) is 5.75 Å². The lowest BCUT2D eigenvalue weighted by Gasteiger charge is -2.23. The van der Waals surface area contributed by atoms with Crippen molar-refractivity contribution in [2.75, 3.05) is 13.1 Å². The van der Waals surface area contributed by atoms with E-state index in [-0.39, 0.29) is 0 Å². The zero-order chi connectivity index (χ0) is 10.8. The lowest BCUT2D eigenvalue weighted by molar-refractivity contribution is 0.167. The average Bonchev–Trinajstić information content (AvgIpc) is 2.77. The molecule has 3 nitrogen and oxygen atoms in total. The van der Waals surface area contributed by atoms with Crippen LogP contribution < -0.4 is 10.1 Å². The number of rotatable bonds is 2. The van der Waals surface area contributed by atoms with Crippen molar-refractivity contribution in [1.29, 1.82) is 0 Å². The minimum atomic E-state index is 0.317. The predicted octanol–water partition coefficient (Wildman–Crippen LogP) is 2.43. The summed E-state index contributed by atoms with van der Waals surface area (Å²) in [6.07, 6.45) is 4.56. The molecular formula is C12H14N2OS. The molecule has 0 saturated carbocycles. The van der Waals surface area contributed by atoms with Gasteiger partial charge in [0.2, 0.25) is 0 Å². The number of piperidine rings is 1. The quantitative estimate of drug-likeness (QED) is 0.866. The van der Waals surface area contributed by atoms with Crippen LogP contribution >= 0.6 is 11.5 Å². The fourth-order valence-corrected chi connectivity index (χ4v) is 2.66. The van der Waals surface area contributed by atoms with Gasteiger partial charge in [0.15, 0.2) is 0 Å². The fraction of sp³-hybridized carbons (Fsp3) is 0.417. The van der Waals surface area contributed by atoms with Gasteiger partial charge < -0.3 is 10.1 Å². The molecule has 1 fully saturated rings. The molecular weight excluding hydrogens is 220 g/mol. The Morgan fingerprint density at radius 2 is 2.44 bits per heavy atom. The van der Waals surface area contributed by atoms with Gasteiger partial charge >= 0.3 is 0 Å². The normalized spacial score (nSPS) is 21.1. The van der Waals surface area contributed by atoms with Gasteiger partial charge in [-0.05, 0) is 49.1 Å². The van der Waals surface area contributed by atoms with E-state index in [1.54, 1.807) is 0 Å². The van der Waals surface area contributed by atoms with Crippen molar-refractivity contribution in [1.82, 2.24) is 9.69 Å². The SMILES string of the molecule is c1cc2sncc2cc1OC1CCCNC1. The standard InChI is InChI=1S/C12H14N2OS/c1-2-11(8-13-5-1)15-10-3-4-12-9(6-10)7-14-16-12/h3-4,6-7,11,13H,1-2,5,8H2. The molecule has 0 aliphatic carbocycles. The van der Waals surface area contributed by atoms with E-state index in [0.717, 1.165) is 25.3 Å². The lowest BCUT2D eigenvalue weighted by atomic mass is 10.1. The van der Waals surface area contributed by atoms with Crippen molar-refractivity contribution in [2.45, 2.75) is 18.9 Å². The van der Waals surface area contributed by atoms with Crippen LogP contribution in [0.25, 0.3) is 10.1 Å². The van der Waals surface area contributed by atoms with Crippen LogP contribution in [0.15, 0.2) is 24.4 Å². The molecule has 0 bridgehead atoms. The molecule has 84 valence electrons. The van der Waals surface area contributed by atoms with E-state index in [9.17, 15) is 0 Å². The van der Waals surface area contributed by atoms with E-state index in [1.807, 2.05) is 12.3 Å². The Morgan fingerprint density at radius 1 is 1.44 bits per heavy atom. The molecule has 1 unspecified atom stereocenters.